The molecule has 3 rings (SSSR count). The smallest absolute Gasteiger partial charge is 0.317 e. The molecule has 2 aliphatic rings. The molecule has 1 heterocycles. The van der Waals surface area contributed by atoms with Gasteiger partial charge in [-0.25, -0.2) is 4.79 Å². The maximum Gasteiger partial charge on any atom is 0.317 e. The van der Waals surface area contributed by atoms with E-state index in [2.05, 4.69) is 10.6 Å². The number of anilines is 1. The summed E-state index contributed by atoms with van der Waals surface area (Å²) in [5.74, 6) is -0.218. The van der Waals surface area contributed by atoms with Crippen LogP contribution in [0.25, 0.3) is 0 Å². The number of nitrogens with zero attached hydrogens (tertiary/aromatic N) is 1. The maximum absolute atomic E-state index is 12.7. The Morgan fingerprint density at radius 3 is 2.65 bits per heavy atom. The number of carbonyl (C=O) groups is 2. The van der Waals surface area contributed by atoms with Crippen LogP contribution in [-0.4, -0.2) is 36.0 Å². The Balaban J connectivity index is 1.56. The quantitative estimate of drug-likeness (QED) is 0.822. The van der Waals surface area contributed by atoms with E-state index < -0.39 is 0 Å². The van der Waals surface area contributed by atoms with Gasteiger partial charge >= 0.3 is 6.03 Å². The second-order valence-electron chi connectivity index (χ2n) is 7.47. The number of benzene rings is 1. The first kappa shape index (κ1) is 19.0. The van der Waals surface area contributed by atoms with Gasteiger partial charge in [-0.1, -0.05) is 36.9 Å². The third-order valence-electron chi connectivity index (χ3n) is 5.54. The predicted molar refractivity (Wildman–Crippen MR) is 105 cm³/mol. The average Bonchev–Trinajstić information content (AvgIpc) is 2.66. The standard InChI is InChI=1S/C20H28ClN3O2/c1-14-17(21)10-5-11-18(14)23-19(25)15-7-6-12-24(13-15)20(26)22-16-8-3-2-4-9-16/h5,10-11,15-16H,2-4,6-9,12-13H2,1H3,(H,22,26)(H,23,25)/t15-/m0/s1. The Hall–Kier alpha value is -1.75. The van der Waals surface area contributed by atoms with Gasteiger partial charge in [0.1, 0.15) is 0 Å². The average molecular weight is 378 g/mol. The summed E-state index contributed by atoms with van der Waals surface area (Å²) in [4.78, 5) is 27.0. The minimum atomic E-state index is -0.181. The number of rotatable bonds is 3. The fourth-order valence-electron chi connectivity index (χ4n) is 3.87. The Morgan fingerprint density at radius 1 is 1.12 bits per heavy atom. The van der Waals surface area contributed by atoms with Gasteiger partial charge in [-0.2, -0.15) is 0 Å². The molecule has 1 aromatic rings. The number of carbonyl (C=O) groups excluding carboxylic acids is 2. The van der Waals surface area contributed by atoms with Gasteiger partial charge in [0.05, 0.1) is 5.92 Å². The van der Waals surface area contributed by atoms with Gasteiger partial charge < -0.3 is 15.5 Å². The minimum absolute atomic E-state index is 0.0201. The molecule has 1 aliphatic carbocycles. The van der Waals surface area contributed by atoms with Crippen molar-refractivity contribution in [1.82, 2.24) is 10.2 Å². The zero-order chi connectivity index (χ0) is 18.5. The topological polar surface area (TPSA) is 61.4 Å². The van der Waals surface area contributed by atoms with Crippen LogP contribution in [0, 0.1) is 12.8 Å². The molecule has 1 atom stereocenters. The van der Waals surface area contributed by atoms with Crippen LogP contribution in [-0.2, 0) is 4.79 Å². The van der Waals surface area contributed by atoms with E-state index in [-0.39, 0.29) is 17.9 Å². The molecule has 2 fully saturated rings. The highest BCUT2D eigenvalue weighted by atomic mass is 35.5. The Labute approximate surface area is 160 Å². The maximum atomic E-state index is 12.7. The lowest BCUT2D eigenvalue weighted by Crippen LogP contribution is -2.50. The van der Waals surface area contributed by atoms with Crippen LogP contribution in [0.15, 0.2) is 18.2 Å². The fourth-order valence-corrected chi connectivity index (χ4v) is 4.04. The van der Waals surface area contributed by atoms with Gasteiger partial charge in [-0.15, -0.1) is 0 Å². The molecule has 2 N–H and O–H groups in total. The van der Waals surface area contributed by atoms with Crippen molar-refractivity contribution in [2.24, 2.45) is 5.92 Å². The molecule has 142 valence electrons. The number of urea groups is 1. The molecule has 0 bridgehead atoms. The van der Waals surface area contributed by atoms with Crippen LogP contribution in [0.5, 0.6) is 0 Å². The number of hydrogen-bond acceptors (Lipinski definition) is 2. The van der Waals surface area contributed by atoms with Crippen LogP contribution in [0.1, 0.15) is 50.5 Å². The first-order valence-electron chi connectivity index (χ1n) is 9.66. The van der Waals surface area contributed by atoms with Gasteiger partial charge in [0.2, 0.25) is 5.91 Å². The summed E-state index contributed by atoms with van der Waals surface area (Å²) in [5.41, 5.74) is 1.61. The van der Waals surface area contributed by atoms with Crippen LogP contribution in [0.2, 0.25) is 5.02 Å². The Kier molecular flexibility index (Phi) is 6.41. The molecule has 0 radical (unpaired) electrons. The normalized spacial score (nSPS) is 21.3. The Morgan fingerprint density at radius 2 is 1.88 bits per heavy atom. The lowest BCUT2D eigenvalue weighted by molar-refractivity contribution is -0.121. The summed E-state index contributed by atoms with van der Waals surface area (Å²) < 4.78 is 0. The fraction of sp³-hybridized carbons (Fsp3) is 0.600. The van der Waals surface area contributed by atoms with Crippen LogP contribution < -0.4 is 10.6 Å². The number of hydrogen-bond donors (Lipinski definition) is 2. The molecule has 1 aliphatic heterocycles. The first-order chi connectivity index (χ1) is 12.5. The summed E-state index contributed by atoms with van der Waals surface area (Å²) in [7, 11) is 0. The molecule has 6 heteroatoms. The van der Waals surface area contributed by atoms with Crippen molar-refractivity contribution in [2.75, 3.05) is 18.4 Å². The highest BCUT2D eigenvalue weighted by molar-refractivity contribution is 6.31. The molecule has 5 nitrogen and oxygen atoms in total. The van der Waals surface area contributed by atoms with Crippen molar-refractivity contribution in [3.8, 4) is 0 Å². The monoisotopic (exact) mass is 377 g/mol. The van der Waals surface area contributed by atoms with E-state index in [0.29, 0.717) is 17.6 Å². The van der Waals surface area contributed by atoms with E-state index in [0.717, 1.165) is 43.5 Å². The molecule has 0 unspecified atom stereocenters. The third kappa shape index (κ3) is 4.70. The Bertz CT molecular complexity index is 658. The number of likely N-dealkylation sites (tertiary alicyclic amines) is 1. The number of nitrogens with one attached hydrogen (secondary N) is 2. The van der Waals surface area contributed by atoms with E-state index >= 15 is 0 Å². The third-order valence-corrected chi connectivity index (χ3v) is 5.95. The van der Waals surface area contributed by atoms with E-state index in [9.17, 15) is 9.59 Å². The summed E-state index contributed by atoms with van der Waals surface area (Å²) in [5, 5.41) is 6.77. The second kappa shape index (κ2) is 8.76. The molecule has 3 amide bonds. The van der Waals surface area contributed by atoms with Crippen molar-refractivity contribution < 1.29 is 9.59 Å². The molecule has 26 heavy (non-hydrogen) atoms. The van der Waals surface area contributed by atoms with Crippen LogP contribution >= 0.6 is 11.6 Å². The van der Waals surface area contributed by atoms with E-state index in [1.165, 1.54) is 19.3 Å². The number of piperidine rings is 1. The molecular weight excluding hydrogens is 350 g/mol. The highest BCUT2D eigenvalue weighted by Gasteiger charge is 2.29. The summed E-state index contributed by atoms with van der Waals surface area (Å²) in [6.07, 6.45) is 7.43. The highest BCUT2D eigenvalue weighted by Crippen LogP contribution is 2.25. The lowest BCUT2D eigenvalue weighted by atomic mass is 9.95. The SMILES string of the molecule is Cc1c(Cl)cccc1NC(=O)[C@H]1CCCN(C(=O)NC2CCCCC2)C1. The lowest BCUT2D eigenvalue weighted by Gasteiger charge is -2.34. The van der Waals surface area contributed by atoms with E-state index in [4.69, 9.17) is 11.6 Å². The molecular formula is C20H28ClN3O2. The molecule has 0 spiro atoms. The second-order valence-corrected chi connectivity index (χ2v) is 7.88. The molecule has 1 aromatic carbocycles. The van der Waals surface area contributed by atoms with E-state index in [1.54, 1.807) is 4.90 Å². The molecule has 1 saturated carbocycles. The summed E-state index contributed by atoms with van der Waals surface area (Å²) >= 11 is 6.13. The van der Waals surface area contributed by atoms with Crippen molar-refractivity contribution in [3.63, 3.8) is 0 Å². The van der Waals surface area contributed by atoms with Crippen molar-refractivity contribution in [2.45, 2.75) is 57.9 Å². The summed E-state index contributed by atoms with van der Waals surface area (Å²) in [6, 6.07) is 5.77. The van der Waals surface area contributed by atoms with Gasteiger partial charge in [0.25, 0.3) is 0 Å². The largest absolute Gasteiger partial charge is 0.335 e. The van der Waals surface area contributed by atoms with Crippen molar-refractivity contribution >= 4 is 29.2 Å². The van der Waals surface area contributed by atoms with Gasteiger partial charge in [0, 0.05) is 29.8 Å². The number of amides is 3. The van der Waals surface area contributed by atoms with Crippen LogP contribution in [0.4, 0.5) is 10.5 Å². The zero-order valence-electron chi connectivity index (χ0n) is 15.4. The van der Waals surface area contributed by atoms with E-state index in [1.807, 2.05) is 25.1 Å². The van der Waals surface area contributed by atoms with Gasteiger partial charge in [0.15, 0.2) is 0 Å². The first-order valence-corrected chi connectivity index (χ1v) is 10.0. The summed E-state index contributed by atoms with van der Waals surface area (Å²) in [6.45, 7) is 3.09. The molecule has 1 saturated heterocycles. The zero-order valence-corrected chi connectivity index (χ0v) is 16.1. The molecule has 0 aromatic heterocycles. The number of halogens is 1. The van der Waals surface area contributed by atoms with Crippen molar-refractivity contribution in [3.05, 3.63) is 28.8 Å². The van der Waals surface area contributed by atoms with Gasteiger partial charge in [-0.3, -0.25) is 4.79 Å². The predicted octanol–water partition coefficient (Wildman–Crippen LogP) is 4.34. The van der Waals surface area contributed by atoms with Crippen molar-refractivity contribution in [1.29, 1.82) is 0 Å². The minimum Gasteiger partial charge on any atom is -0.335 e. The van der Waals surface area contributed by atoms with Gasteiger partial charge in [-0.05, 0) is 50.3 Å². The van der Waals surface area contributed by atoms with Crippen LogP contribution in [0.3, 0.4) is 0 Å².